The van der Waals surface area contributed by atoms with Gasteiger partial charge in [-0.05, 0) is 49.2 Å². The lowest BCUT2D eigenvalue weighted by atomic mass is 10.2. The number of aryl methyl sites for hydroxylation is 1. The zero-order valence-electron chi connectivity index (χ0n) is 14.7. The number of aromatic nitrogens is 3. The molecule has 0 atom stereocenters. The van der Waals surface area contributed by atoms with E-state index in [4.69, 9.17) is 0 Å². The maximum absolute atomic E-state index is 13.2. The van der Waals surface area contributed by atoms with E-state index < -0.39 is 0 Å². The van der Waals surface area contributed by atoms with Crippen molar-refractivity contribution < 1.29 is 4.39 Å². The van der Waals surface area contributed by atoms with E-state index in [0.29, 0.717) is 6.54 Å². The normalized spacial score (nSPS) is 11.0. The van der Waals surface area contributed by atoms with Crippen LogP contribution >= 0.6 is 0 Å². The third-order valence-electron chi connectivity index (χ3n) is 4.70. The fraction of sp³-hybridized carbons (Fsp3) is 0.143. The third-order valence-corrected chi connectivity index (χ3v) is 4.70. The van der Waals surface area contributed by atoms with Gasteiger partial charge >= 0.3 is 0 Å². The van der Waals surface area contributed by atoms with E-state index in [9.17, 15) is 4.39 Å². The number of rotatable bonds is 4. The van der Waals surface area contributed by atoms with Crippen LogP contribution in [-0.4, -0.2) is 14.5 Å². The number of hydrogen-bond donors (Lipinski definition) is 1. The Kier molecular flexibility index (Phi) is 4.13. The quantitative estimate of drug-likeness (QED) is 0.567. The highest BCUT2D eigenvalue weighted by atomic mass is 19.1. The van der Waals surface area contributed by atoms with E-state index in [1.54, 1.807) is 18.5 Å². The van der Waals surface area contributed by atoms with E-state index in [0.717, 1.165) is 39.4 Å². The van der Waals surface area contributed by atoms with E-state index in [2.05, 4.69) is 33.7 Å². The average Bonchev–Trinajstić information content (AvgIpc) is 2.90. The Hall–Kier alpha value is -3.21. The molecule has 2 heterocycles. The number of nitrogens with zero attached hydrogens (tertiary/aromatic N) is 3. The van der Waals surface area contributed by atoms with Gasteiger partial charge in [-0.2, -0.15) is 0 Å². The molecule has 2 aromatic heterocycles. The first kappa shape index (κ1) is 16.3. The summed E-state index contributed by atoms with van der Waals surface area (Å²) in [5.74, 6) is 0.565. The number of benzene rings is 2. The number of anilines is 2. The summed E-state index contributed by atoms with van der Waals surface area (Å²) in [6, 6.07) is 16.5. The molecule has 26 heavy (non-hydrogen) atoms. The van der Waals surface area contributed by atoms with E-state index in [1.807, 2.05) is 30.3 Å². The van der Waals surface area contributed by atoms with E-state index in [1.165, 1.54) is 12.1 Å². The highest BCUT2D eigenvalue weighted by Gasteiger charge is 2.16. The van der Waals surface area contributed by atoms with Gasteiger partial charge in [0.15, 0.2) is 0 Å². The number of hydrogen-bond acceptors (Lipinski definition) is 3. The van der Waals surface area contributed by atoms with Crippen LogP contribution in [0.4, 0.5) is 15.9 Å². The second kappa shape index (κ2) is 6.59. The highest BCUT2D eigenvalue weighted by Crippen LogP contribution is 2.30. The summed E-state index contributed by atoms with van der Waals surface area (Å²) in [5.41, 5.74) is 5.15. The second-order valence-corrected chi connectivity index (χ2v) is 6.33. The summed E-state index contributed by atoms with van der Waals surface area (Å²) >= 11 is 0. The molecule has 0 fully saturated rings. The maximum Gasteiger partial charge on any atom is 0.146 e. The molecule has 130 valence electrons. The van der Waals surface area contributed by atoms with Gasteiger partial charge in [0.2, 0.25) is 0 Å². The van der Waals surface area contributed by atoms with Gasteiger partial charge in [-0.3, -0.25) is 0 Å². The number of nitrogens with one attached hydrogen (secondary N) is 1. The van der Waals surface area contributed by atoms with Gasteiger partial charge in [0.25, 0.3) is 0 Å². The summed E-state index contributed by atoms with van der Waals surface area (Å²) in [5, 5.41) is 4.40. The molecule has 4 aromatic rings. The largest absolute Gasteiger partial charge is 0.340 e. The van der Waals surface area contributed by atoms with Crippen molar-refractivity contribution in [3.63, 3.8) is 0 Å². The highest BCUT2D eigenvalue weighted by molar-refractivity contribution is 5.93. The van der Waals surface area contributed by atoms with Crippen LogP contribution in [0.25, 0.3) is 11.0 Å². The van der Waals surface area contributed by atoms with Crippen LogP contribution in [0.2, 0.25) is 0 Å². The summed E-state index contributed by atoms with van der Waals surface area (Å²) in [7, 11) is 0. The monoisotopic (exact) mass is 346 g/mol. The van der Waals surface area contributed by atoms with Gasteiger partial charge < -0.3 is 9.88 Å². The predicted molar refractivity (Wildman–Crippen MR) is 102 cm³/mol. The fourth-order valence-corrected chi connectivity index (χ4v) is 3.19. The van der Waals surface area contributed by atoms with Crippen LogP contribution in [0.15, 0.2) is 60.9 Å². The molecule has 0 spiro atoms. The van der Waals surface area contributed by atoms with Crippen molar-refractivity contribution in [3.05, 3.63) is 83.6 Å². The fourth-order valence-electron chi connectivity index (χ4n) is 3.19. The van der Waals surface area contributed by atoms with E-state index >= 15 is 0 Å². The summed E-state index contributed by atoms with van der Waals surface area (Å²) in [6.45, 7) is 4.80. The van der Waals surface area contributed by atoms with Crippen molar-refractivity contribution >= 4 is 22.5 Å². The van der Waals surface area contributed by atoms with Crippen LogP contribution in [0, 0.1) is 19.7 Å². The Bertz CT molecular complexity index is 1050. The van der Waals surface area contributed by atoms with Crippen molar-refractivity contribution in [1.82, 2.24) is 14.5 Å². The van der Waals surface area contributed by atoms with E-state index in [-0.39, 0.29) is 5.82 Å². The molecule has 4 rings (SSSR count). The van der Waals surface area contributed by atoms with Crippen molar-refractivity contribution in [2.45, 2.75) is 20.4 Å². The zero-order chi connectivity index (χ0) is 18.1. The van der Waals surface area contributed by atoms with Crippen LogP contribution < -0.4 is 5.32 Å². The SMILES string of the molecule is Cc1c(C)n(Cc2ccc(F)cc2)c2ncnc(Nc3ccccc3)c12. The first-order valence-corrected chi connectivity index (χ1v) is 8.50. The van der Waals surface area contributed by atoms with Crippen molar-refractivity contribution in [2.75, 3.05) is 5.32 Å². The van der Waals surface area contributed by atoms with Crippen molar-refractivity contribution in [1.29, 1.82) is 0 Å². The molecule has 0 aliphatic carbocycles. The Balaban J connectivity index is 1.79. The molecule has 0 bridgehead atoms. The standard InChI is InChI=1S/C21H19FN4/c1-14-15(2)26(12-16-8-10-17(22)11-9-16)21-19(14)20(23-13-24-21)25-18-6-4-3-5-7-18/h3-11,13H,12H2,1-2H3,(H,23,24,25). The topological polar surface area (TPSA) is 42.7 Å². The van der Waals surface area contributed by atoms with Crippen molar-refractivity contribution in [3.8, 4) is 0 Å². The minimum absolute atomic E-state index is 0.226. The third kappa shape index (κ3) is 2.92. The van der Waals surface area contributed by atoms with Gasteiger partial charge in [0.05, 0.1) is 5.39 Å². The Morgan fingerprint density at radius 3 is 2.42 bits per heavy atom. The Morgan fingerprint density at radius 1 is 0.962 bits per heavy atom. The first-order valence-electron chi connectivity index (χ1n) is 8.50. The average molecular weight is 346 g/mol. The van der Waals surface area contributed by atoms with Crippen LogP contribution in [0.5, 0.6) is 0 Å². The molecule has 0 amide bonds. The van der Waals surface area contributed by atoms with Gasteiger partial charge in [-0.15, -0.1) is 0 Å². The number of para-hydroxylation sites is 1. The van der Waals surface area contributed by atoms with Gasteiger partial charge in [-0.25, -0.2) is 14.4 Å². The molecular formula is C21H19FN4. The predicted octanol–water partition coefficient (Wildman–Crippen LogP) is 4.98. The first-order chi connectivity index (χ1) is 12.6. The summed E-state index contributed by atoms with van der Waals surface area (Å²) in [4.78, 5) is 8.97. The molecule has 2 aromatic carbocycles. The van der Waals surface area contributed by atoms with Crippen LogP contribution in [-0.2, 0) is 6.54 Å². The second-order valence-electron chi connectivity index (χ2n) is 6.33. The zero-order valence-corrected chi connectivity index (χ0v) is 14.7. The lowest BCUT2D eigenvalue weighted by molar-refractivity contribution is 0.626. The van der Waals surface area contributed by atoms with Crippen LogP contribution in [0.3, 0.4) is 0 Å². The number of fused-ring (bicyclic) bond motifs is 1. The molecule has 1 N–H and O–H groups in total. The maximum atomic E-state index is 13.2. The molecule has 0 aliphatic heterocycles. The molecular weight excluding hydrogens is 327 g/mol. The molecule has 0 saturated carbocycles. The van der Waals surface area contributed by atoms with Gasteiger partial charge in [-0.1, -0.05) is 30.3 Å². The van der Waals surface area contributed by atoms with Gasteiger partial charge in [0.1, 0.15) is 23.6 Å². The lowest BCUT2D eigenvalue weighted by Gasteiger charge is -2.09. The lowest BCUT2D eigenvalue weighted by Crippen LogP contribution is -2.03. The Labute approximate surface area is 151 Å². The minimum atomic E-state index is -0.226. The van der Waals surface area contributed by atoms with Gasteiger partial charge in [0, 0.05) is 17.9 Å². The molecule has 0 unspecified atom stereocenters. The van der Waals surface area contributed by atoms with Crippen LogP contribution in [0.1, 0.15) is 16.8 Å². The molecule has 0 saturated heterocycles. The molecule has 0 radical (unpaired) electrons. The summed E-state index contributed by atoms with van der Waals surface area (Å²) in [6.07, 6.45) is 1.58. The minimum Gasteiger partial charge on any atom is -0.340 e. The molecule has 0 aliphatic rings. The smallest absolute Gasteiger partial charge is 0.146 e. The molecule has 4 nitrogen and oxygen atoms in total. The molecule has 5 heteroatoms. The van der Waals surface area contributed by atoms with Crippen molar-refractivity contribution in [2.24, 2.45) is 0 Å². The summed E-state index contributed by atoms with van der Waals surface area (Å²) < 4.78 is 15.3. The number of halogens is 1. The Morgan fingerprint density at radius 2 is 1.69 bits per heavy atom.